The predicted molar refractivity (Wildman–Crippen MR) is 321 cm³/mol. The van der Waals surface area contributed by atoms with Crippen LogP contribution in [0.25, 0.3) is 0 Å². The molecule has 0 saturated heterocycles. The van der Waals surface area contributed by atoms with Crippen molar-refractivity contribution < 1.29 is 25.2 Å². The number of hydrogen-bond donors (Lipinski definition) is 5. The molecule has 4 atom stereocenters. The Morgan fingerprint density at radius 3 is 0.863 bits per heavy atom. The highest BCUT2D eigenvalue weighted by molar-refractivity contribution is 5.80. The Morgan fingerprint density at radius 2 is 0.575 bits per heavy atom. The standard InChI is InChI=1S/C67H131NO5/c1-3-5-7-9-11-13-15-17-19-21-23-24-25-26-27-28-29-30-31-32-33-34-35-36-37-38-39-40-41-43-45-47-49-51-53-55-57-59-61-65(71)67(73)68-63(62-69)66(72)64(70)60-58-56-54-52-50-48-46-44-42-22-20-18-16-14-12-10-8-6-4-2/h44,46,52,54,63-66,69-72H,3-43,45,47-51,53,55-62H2,1-2H3,(H,68,73)/b46-44+,54-52+. The minimum absolute atomic E-state index is 0.365. The van der Waals surface area contributed by atoms with Crippen LogP contribution in [0.4, 0.5) is 0 Å². The van der Waals surface area contributed by atoms with Crippen molar-refractivity contribution in [2.45, 2.75) is 391 Å². The fourth-order valence-corrected chi connectivity index (χ4v) is 10.7. The van der Waals surface area contributed by atoms with Crippen molar-refractivity contribution in [2.75, 3.05) is 6.61 Å². The second-order valence-electron chi connectivity index (χ2n) is 23.2. The van der Waals surface area contributed by atoms with Gasteiger partial charge in [-0.25, -0.2) is 0 Å². The molecule has 0 aliphatic carbocycles. The first kappa shape index (κ1) is 71.8. The summed E-state index contributed by atoms with van der Waals surface area (Å²) in [5.41, 5.74) is 0. The van der Waals surface area contributed by atoms with E-state index in [0.29, 0.717) is 19.3 Å². The van der Waals surface area contributed by atoms with Crippen LogP contribution >= 0.6 is 0 Å². The average Bonchev–Trinajstić information content (AvgIpc) is 3.40. The van der Waals surface area contributed by atoms with E-state index in [1.165, 1.54) is 295 Å². The third kappa shape index (κ3) is 55.4. The Balaban J connectivity index is 3.51. The van der Waals surface area contributed by atoms with E-state index in [-0.39, 0.29) is 0 Å². The minimum atomic E-state index is -1.29. The van der Waals surface area contributed by atoms with Gasteiger partial charge in [0.1, 0.15) is 12.2 Å². The zero-order valence-electron chi connectivity index (χ0n) is 49.4. The number of carbonyl (C=O) groups excluding carboxylic acids is 1. The van der Waals surface area contributed by atoms with E-state index >= 15 is 0 Å². The Bertz CT molecular complexity index is 1110. The van der Waals surface area contributed by atoms with Crippen molar-refractivity contribution in [3.05, 3.63) is 24.3 Å². The second kappa shape index (κ2) is 61.6. The van der Waals surface area contributed by atoms with Crippen LogP contribution in [-0.2, 0) is 4.79 Å². The molecule has 0 aliphatic rings. The maximum absolute atomic E-state index is 12.6. The van der Waals surface area contributed by atoms with Gasteiger partial charge in [0.15, 0.2) is 0 Å². The first-order chi connectivity index (χ1) is 36.0. The van der Waals surface area contributed by atoms with E-state index in [0.717, 1.165) is 38.5 Å². The first-order valence-corrected chi connectivity index (χ1v) is 33.2. The molecule has 0 aromatic heterocycles. The van der Waals surface area contributed by atoms with Gasteiger partial charge in [-0.05, 0) is 51.4 Å². The Kier molecular flexibility index (Phi) is 60.6. The number of aliphatic hydroxyl groups is 4. The summed E-state index contributed by atoms with van der Waals surface area (Å²) < 4.78 is 0. The lowest BCUT2D eigenvalue weighted by Gasteiger charge is -2.27. The van der Waals surface area contributed by atoms with Gasteiger partial charge in [0, 0.05) is 0 Å². The van der Waals surface area contributed by atoms with Gasteiger partial charge in [-0.3, -0.25) is 4.79 Å². The molecule has 6 heteroatoms. The van der Waals surface area contributed by atoms with E-state index in [1.807, 2.05) is 0 Å². The van der Waals surface area contributed by atoms with Crippen LogP contribution < -0.4 is 5.32 Å². The zero-order chi connectivity index (χ0) is 53.0. The van der Waals surface area contributed by atoms with Gasteiger partial charge in [-0.1, -0.05) is 340 Å². The zero-order valence-corrected chi connectivity index (χ0v) is 49.4. The van der Waals surface area contributed by atoms with E-state index in [2.05, 4.69) is 43.5 Å². The number of amides is 1. The molecule has 0 bridgehead atoms. The summed E-state index contributed by atoms with van der Waals surface area (Å²) in [4.78, 5) is 12.6. The predicted octanol–water partition coefficient (Wildman–Crippen LogP) is 20.2. The summed E-state index contributed by atoms with van der Waals surface area (Å²) in [5, 5.41) is 44.0. The van der Waals surface area contributed by atoms with E-state index in [4.69, 9.17) is 0 Å². The average molecular weight is 1030 g/mol. The van der Waals surface area contributed by atoms with Crippen molar-refractivity contribution >= 4 is 5.91 Å². The number of unbranched alkanes of at least 4 members (excludes halogenated alkanes) is 49. The fourth-order valence-electron chi connectivity index (χ4n) is 10.7. The van der Waals surface area contributed by atoms with Crippen molar-refractivity contribution in [3.63, 3.8) is 0 Å². The van der Waals surface area contributed by atoms with Crippen molar-refractivity contribution in [3.8, 4) is 0 Å². The molecule has 0 heterocycles. The first-order valence-electron chi connectivity index (χ1n) is 33.2. The molecule has 0 radical (unpaired) electrons. The van der Waals surface area contributed by atoms with E-state index in [1.54, 1.807) is 0 Å². The summed E-state index contributed by atoms with van der Waals surface area (Å²) in [6.45, 7) is 4.08. The number of allylic oxidation sites excluding steroid dienone is 4. The maximum Gasteiger partial charge on any atom is 0.249 e. The Labute approximate surface area is 456 Å². The number of nitrogens with one attached hydrogen (secondary N) is 1. The van der Waals surface area contributed by atoms with Gasteiger partial charge in [-0.2, -0.15) is 0 Å². The van der Waals surface area contributed by atoms with Crippen LogP contribution in [0.5, 0.6) is 0 Å². The molecule has 4 unspecified atom stereocenters. The lowest BCUT2D eigenvalue weighted by Crippen LogP contribution is -2.53. The number of hydrogen-bond acceptors (Lipinski definition) is 5. The molecule has 0 spiro atoms. The summed E-state index contributed by atoms with van der Waals surface area (Å²) >= 11 is 0. The van der Waals surface area contributed by atoms with Gasteiger partial charge in [-0.15, -0.1) is 0 Å². The lowest BCUT2D eigenvalue weighted by atomic mass is 10.00. The van der Waals surface area contributed by atoms with Gasteiger partial charge in [0.05, 0.1) is 18.8 Å². The normalized spacial score (nSPS) is 13.7. The van der Waals surface area contributed by atoms with Crippen molar-refractivity contribution in [1.82, 2.24) is 5.32 Å². The van der Waals surface area contributed by atoms with Gasteiger partial charge in [0.25, 0.3) is 0 Å². The smallest absolute Gasteiger partial charge is 0.249 e. The second-order valence-corrected chi connectivity index (χ2v) is 23.2. The monoisotopic (exact) mass is 1030 g/mol. The van der Waals surface area contributed by atoms with Crippen LogP contribution in [0.2, 0.25) is 0 Å². The summed E-state index contributed by atoms with van der Waals surface area (Å²) in [5.74, 6) is -0.590. The summed E-state index contributed by atoms with van der Waals surface area (Å²) in [6.07, 6.45) is 77.4. The molecule has 73 heavy (non-hydrogen) atoms. The van der Waals surface area contributed by atoms with Crippen LogP contribution in [-0.4, -0.2) is 57.3 Å². The number of aliphatic hydroxyl groups excluding tert-OH is 4. The molecular formula is C67H131NO5. The third-order valence-corrected chi connectivity index (χ3v) is 15.9. The summed E-state index contributed by atoms with van der Waals surface area (Å²) in [7, 11) is 0. The molecule has 1 amide bonds. The number of rotatable bonds is 62. The molecular weight excluding hydrogens is 899 g/mol. The molecule has 5 N–H and O–H groups in total. The highest BCUT2D eigenvalue weighted by Crippen LogP contribution is 2.19. The van der Waals surface area contributed by atoms with Gasteiger partial charge < -0.3 is 25.7 Å². The molecule has 0 saturated carbocycles. The molecule has 0 fully saturated rings. The molecule has 0 rings (SSSR count). The fraction of sp³-hybridized carbons (Fsp3) is 0.925. The molecule has 434 valence electrons. The van der Waals surface area contributed by atoms with Gasteiger partial charge >= 0.3 is 0 Å². The lowest BCUT2D eigenvalue weighted by molar-refractivity contribution is -0.132. The minimum Gasteiger partial charge on any atom is -0.394 e. The maximum atomic E-state index is 12.6. The number of carbonyl (C=O) groups is 1. The van der Waals surface area contributed by atoms with Crippen LogP contribution in [0.15, 0.2) is 24.3 Å². The van der Waals surface area contributed by atoms with E-state index in [9.17, 15) is 25.2 Å². The topological polar surface area (TPSA) is 110 Å². The van der Waals surface area contributed by atoms with Crippen LogP contribution in [0.3, 0.4) is 0 Å². The largest absolute Gasteiger partial charge is 0.394 e. The quantitative estimate of drug-likeness (QED) is 0.0308. The Hall–Kier alpha value is -1.21. The van der Waals surface area contributed by atoms with Crippen molar-refractivity contribution in [2.24, 2.45) is 0 Å². The highest BCUT2D eigenvalue weighted by Gasteiger charge is 2.28. The van der Waals surface area contributed by atoms with Crippen LogP contribution in [0, 0.1) is 0 Å². The molecule has 0 aromatic carbocycles. The summed E-state index contributed by atoms with van der Waals surface area (Å²) in [6, 6.07) is -1.01. The van der Waals surface area contributed by atoms with Crippen LogP contribution in [0.1, 0.15) is 367 Å². The molecule has 0 aromatic rings. The highest BCUT2D eigenvalue weighted by atomic mass is 16.3. The van der Waals surface area contributed by atoms with Crippen molar-refractivity contribution in [1.29, 1.82) is 0 Å². The Morgan fingerprint density at radius 1 is 0.329 bits per heavy atom. The van der Waals surface area contributed by atoms with E-state index < -0.39 is 36.9 Å². The molecule has 0 aliphatic heterocycles. The molecule has 6 nitrogen and oxygen atoms in total. The SMILES string of the molecule is CCCCCCCCCCCC/C=C/CC/C=C/CCCC(O)C(O)C(CO)NC(=O)C(O)CCCCCCCCCCCCCCCCCCCCCCCCCCCCCCCCCCCCCCCC. The van der Waals surface area contributed by atoms with Gasteiger partial charge in [0.2, 0.25) is 5.91 Å². The third-order valence-electron chi connectivity index (χ3n) is 15.9.